The number of rotatable bonds is 16. The molecule has 6 aromatic rings. The highest BCUT2D eigenvalue weighted by molar-refractivity contribution is 6.12. The number of pyridine rings is 2. The Hall–Kier alpha value is -5.46. The van der Waals surface area contributed by atoms with Crippen LogP contribution >= 0.6 is 0 Å². The number of para-hydroxylation sites is 2. The first kappa shape index (κ1) is 32.5. The van der Waals surface area contributed by atoms with Crippen molar-refractivity contribution in [1.29, 1.82) is 0 Å². The number of aromatic nitrogens is 2. The third-order valence-corrected chi connectivity index (χ3v) is 8.60. The summed E-state index contributed by atoms with van der Waals surface area (Å²) in [5.74, 6) is 0. The molecule has 0 aliphatic heterocycles. The van der Waals surface area contributed by atoms with Crippen molar-refractivity contribution < 1.29 is 9.85 Å². The van der Waals surface area contributed by atoms with Crippen molar-refractivity contribution in [2.45, 2.75) is 25.7 Å². The molecule has 0 spiro atoms. The summed E-state index contributed by atoms with van der Waals surface area (Å²) in [5.41, 5.74) is 10.0. The van der Waals surface area contributed by atoms with Crippen LogP contribution in [0.25, 0.3) is 43.6 Å². The molecule has 0 aliphatic carbocycles. The Morgan fingerprint density at radius 1 is 0.583 bits per heavy atom. The molecule has 4 aromatic carbocycles. The van der Waals surface area contributed by atoms with E-state index in [1.165, 1.54) is 12.1 Å². The van der Waals surface area contributed by atoms with Crippen molar-refractivity contribution in [2.75, 3.05) is 49.9 Å². The van der Waals surface area contributed by atoms with E-state index < -0.39 is 0 Å². The first-order valence-electron chi connectivity index (χ1n) is 16.3. The van der Waals surface area contributed by atoms with Crippen LogP contribution in [-0.2, 0) is 0 Å². The Morgan fingerprint density at radius 3 is 1.48 bits per heavy atom. The van der Waals surface area contributed by atoms with Gasteiger partial charge in [-0.25, -0.2) is 9.97 Å². The fourth-order valence-corrected chi connectivity index (χ4v) is 6.37. The standard InChI is InChI=1S/C36H38N8O4/c37-19-5-6-22-42(23-9-20-38-35-25-11-1-3-13-27(25)40-29-15-7-17-31(33(29)35)43(45)46)24-10-21-39-36-26-12-2-4-14-28(26)41-30-16-8-18-32(34(30)36)44(47)48/h1-4,7-8,11-18H,5-6,9-10,19-24,37H2,(H,38,40)(H,39,41). The van der Waals surface area contributed by atoms with Crippen LogP contribution in [-0.4, -0.2) is 64.0 Å². The quantitative estimate of drug-likeness (QED) is 0.0422. The zero-order valence-corrected chi connectivity index (χ0v) is 26.6. The minimum atomic E-state index is -0.354. The second kappa shape index (κ2) is 15.0. The number of nitrogens with two attached hydrogens (primary N) is 1. The van der Waals surface area contributed by atoms with Crippen molar-refractivity contribution in [3.8, 4) is 0 Å². The van der Waals surface area contributed by atoms with Gasteiger partial charge < -0.3 is 21.3 Å². The Labute approximate surface area is 277 Å². The van der Waals surface area contributed by atoms with Gasteiger partial charge in [-0.15, -0.1) is 0 Å². The summed E-state index contributed by atoms with van der Waals surface area (Å²) in [5, 5.41) is 33.6. The van der Waals surface area contributed by atoms with Crippen LogP contribution in [0.1, 0.15) is 25.7 Å². The fraction of sp³-hybridized carbons (Fsp3) is 0.278. The molecule has 0 bridgehead atoms. The number of unbranched alkanes of at least 4 members (excludes halogenated alkanes) is 1. The first-order valence-corrected chi connectivity index (χ1v) is 16.3. The average Bonchev–Trinajstić information content (AvgIpc) is 3.10. The van der Waals surface area contributed by atoms with Gasteiger partial charge in [0.05, 0.1) is 43.3 Å². The number of nitro benzene ring substituents is 2. The second-order valence-electron chi connectivity index (χ2n) is 11.8. The van der Waals surface area contributed by atoms with Crippen LogP contribution in [0.5, 0.6) is 0 Å². The van der Waals surface area contributed by atoms with Gasteiger partial charge in [0.1, 0.15) is 10.8 Å². The van der Waals surface area contributed by atoms with Gasteiger partial charge in [-0.2, -0.15) is 0 Å². The van der Waals surface area contributed by atoms with E-state index in [4.69, 9.17) is 5.73 Å². The molecule has 2 heterocycles. The third-order valence-electron chi connectivity index (χ3n) is 8.60. The number of benzene rings is 4. The highest BCUT2D eigenvalue weighted by Crippen LogP contribution is 2.38. The second-order valence-corrected chi connectivity index (χ2v) is 11.8. The monoisotopic (exact) mass is 646 g/mol. The van der Waals surface area contributed by atoms with E-state index in [-0.39, 0.29) is 21.2 Å². The third kappa shape index (κ3) is 6.94. The number of anilines is 2. The Bertz CT molecular complexity index is 1960. The molecular formula is C36H38N8O4. The summed E-state index contributed by atoms with van der Waals surface area (Å²) in [6.45, 7) is 4.44. The number of fused-ring (bicyclic) bond motifs is 4. The average molecular weight is 647 g/mol. The zero-order chi connectivity index (χ0) is 33.5. The lowest BCUT2D eigenvalue weighted by atomic mass is 10.1. The number of nitro groups is 2. The van der Waals surface area contributed by atoms with Gasteiger partial charge in [-0.1, -0.05) is 48.5 Å². The molecule has 12 heteroatoms. The summed E-state index contributed by atoms with van der Waals surface area (Å²) >= 11 is 0. The molecule has 2 aromatic heterocycles. The van der Waals surface area contributed by atoms with Gasteiger partial charge in [0.2, 0.25) is 0 Å². The van der Waals surface area contributed by atoms with E-state index >= 15 is 0 Å². The first-order chi connectivity index (χ1) is 23.5. The largest absolute Gasteiger partial charge is 0.384 e. The van der Waals surface area contributed by atoms with E-state index in [1.54, 1.807) is 12.1 Å². The Morgan fingerprint density at radius 2 is 1.02 bits per heavy atom. The van der Waals surface area contributed by atoms with Crippen molar-refractivity contribution in [3.05, 3.63) is 105 Å². The van der Waals surface area contributed by atoms with Crippen molar-refractivity contribution >= 4 is 66.4 Å². The molecule has 0 unspecified atom stereocenters. The van der Waals surface area contributed by atoms with Gasteiger partial charge in [0.25, 0.3) is 11.4 Å². The summed E-state index contributed by atoms with van der Waals surface area (Å²) in [4.78, 5) is 34.9. The molecule has 0 fully saturated rings. The van der Waals surface area contributed by atoms with E-state index in [1.807, 2.05) is 60.7 Å². The number of hydrogen-bond acceptors (Lipinski definition) is 10. The molecule has 0 radical (unpaired) electrons. The molecule has 246 valence electrons. The molecule has 0 atom stereocenters. The van der Waals surface area contributed by atoms with Gasteiger partial charge >= 0.3 is 0 Å². The van der Waals surface area contributed by atoms with E-state index in [2.05, 4.69) is 25.5 Å². The molecule has 48 heavy (non-hydrogen) atoms. The van der Waals surface area contributed by atoms with E-state index in [0.717, 1.165) is 78.5 Å². The lowest BCUT2D eigenvalue weighted by molar-refractivity contribution is -0.383. The van der Waals surface area contributed by atoms with Gasteiger partial charge in [-0.3, -0.25) is 20.2 Å². The highest BCUT2D eigenvalue weighted by Gasteiger charge is 2.20. The van der Waals surface area contributed by atoms with Gasteiger partial charge in [0.15, 0.2) is 0 Å². The number of nitrogens with one attached hydrogen (secondary N) is 2. The van der Waals surface area contributed by atoms with E-state index in [0.29, 0.717) is 41.4 Å². The minimum absolute atomic E-state index is 0.0317. The normalized spacial score (nSPS) is 11.5. The maximum atomic E-state index is 11.9. The molecule has 0 amide bonds. The smallest absolute Gasteiger partial charge is 0.280 e. The van der Waals surface area contributed by atoms with Crippen LogP contribution in [0.3, 0.4) is 0 Å². The van der Waals surface area contributed by atoms with Crippen LogP contribution < -0.4 is 16.4 Å². The van der Waals surface area contributed by atoms with Crippen LogP contribution in [0.2, 0.25) is 0 Å². The van der Waals surface area contributed by atoms with Gasteiger partial charge in [0, 0.05) is 36.0 Å². The lowest BCUT2D eigenvalue weighted by Crippen LogP contribution is -2.30. The number of non-ortho nitro benzene ring substituents is 2. The topological polar surface area (TPSA) is 165 Å². The van der Waals surface area contributed by atoms with Crippen molar-refractivity contribution in [3.63, 3.8) is 0 Å². The van der Waals surface area contributed by atoms with Crippen LogP contribution in [0.4, 0.5) is 22.7 Å². The van der Waals surface area contributed by atoms with Crippen LogP contribution in [0, 0.1) is 20.2 Å². The minimum Gasteiger partial charge on any atom is -0.384 e. The maximum absolute atomic E-state index is 11.9. The van der Waals surface area contributed by atoms with Crippen LogP contribution in [0.15, 0.2) is 84.9 Å². The molecule has 4 N–H and O–H groups in total. The lowest BCUT2D eigenvalue weighted by Gasteiger charge is -2.23. The fourth-order valence-electron chi connectivity index (χ4n) is 6.37. The predicted octanol–water partition coefficient (Wildman–Crippen LogP) is 7.25. The zero-order valence-electron chi connectivity index (χ0n) is 26.6. The molecule has 12 nitrogen and oxygen atoms in total. The van der Waals surface area contributed by atoms with Gasteiger partial charge in [-0.05, 0) is 76.1 Å². The molecule has 6 rings (SSSR count). The summed E-state index contributed by atoms with van der Waals surface area (Å²) in [7, 11) is 0. The highest BCUT2D eigenvalue weighted by atomic mass is 16.6. The Balaban J connectivity index is 1.14. The summed E-state index contributed by atoms with van der Waals surface area (Å²) < 4.78 is 0. The summed E-state index contributed by atoms with van der Waals surface area (Å²) in [6, 6.07) is 25.4. The van der Waals surface area contributed by atoms with E-state index in [9.17, 15) is 20.2 Å². The molecular weight excluding hydrogens is 608 g/mol. The predicted molar refractivity (Wildman–Crippen MR) is 193 cm³/mol. The number of hydrogen-bond donors (Lipinski definition) is 3. The van der Waals surface area contributed by atoms with Crippen molar-refractivity contribution in [2.24, 2.45) is 5.73 Å². The SMILES string of the molecule is NCCCCN(CCCNc1c2ccccc2nc2cccc([N+](=O)[O-])c12)CCCNc1c2ccccc2nc2cccc([N+](=O)[O-])c12. The molecule has 0 saturated carbocycles. The maximum Gasteiger partial charge on any atom is 0.280 e. The van der Waals surface area contributed by atoms with Crippen molar-refractivity contribution in [1.82, 2.24) is 14.9 Å². The summed E-state index contributed by atoms with van der Waals surface area (Å²) in [6.07, 6.45) is 3.56. The molecule has 0 aliphatic rings. The Kier molecular flexibility index (Phi) is 10.1. The number of nitrogens with zero attached hydrogens (tertiary/aromatic N) is 5. The molecule has 0 saturated heterocycles.